The SMILES string of the molecule is CC[C@@H]1CSC2=N[C@H](c3ccccn3)[C@@H](c3cccn3-c3ccc(Br)cc3)N21. The molecule has 0 spiro atoms. The lowest BCUT2D eigenvalue weighted by Gasteiger charge is -2.32. The Morgan fingerprint density at radius 3 is 2.71 bits per heavy atom. The molecule has 2 aromatic heterocycles. The summed E-state index contributed by atoms with van der Waals surface area (Å²) in [7, 11) is 0. The Morgan fingerprint density at radius 1 is 1.11 bits per heavy atom. The van der Waals surface area contributed by atoms with Crippen LogP contribution in [0.15, 0.2) is 76.5 Å². The average molecular weight is 453 g/mol. The number of thioether (sulfide) groups is 1. The maximum absolute atomic E-state index is 5.13. The molecule has 5 rings (SSSR count). The molecule has 3 aromatic rings. The van der Waals surface area contributed by atoms with Crippen LogP contribution in [0.3, 0.4) is 0 Å². The van der Waals surface area contributed by atoms with Gasteiger partial charge in [-0.05, 0) is 55.0 Å². The first-order chi connectivity index (χ1) is 13.8. The second-order valence-electron chi connectivity index (χ2n) is 7.12. The number of fused-ring (bicyclic) bond motifs is 1. The summed E-state index contributed by atoms with van der Waals surface area (Å²) in [4.78, 5) is 12.3. The van der Waals surface area contributed by atoms with E-state index in [0.717, 1.165) is 33.2 Å². The number of nitrogens with zero attached hydrogens (tertiary/aromatic N) is 4. The van der Waals surface area contributed by atoms with Crippen molar-refractivity contribution in [1.82, 2.24) is 14.5 Å². The lowest BCUT2D eigenvalue weighted by Crippen LogP contribution is -2.36. The summed E-state index contributed by atoms with van der Waals surface area (Å²) >= 11 is 5.42. The molecule has 1 aromatic carbocycles. The number of pyridine rings is 1. The van der Waals surface area contributed by atoms with Gasteiger partial charge in [-0.15, -0.1) is 0 Å². The van der Waals surface area contributed by atoms with Crippen molar-refractivity contribution in [3.63, 3.8) is 0 Å². The zero-order valence-corrected chi connectivity index (χ0v) is 18.0. The molecule has 28 heavy (non-hydrogen) atoms. The topological polar surface area (TPSA) is 33.4 Å². The van der Waals surface area contributed by atoms with Gasteiger partial charge >= 0.3 is 0 Å². The maximum Gasteiger partial charge on any atom is 0.160 e. The molecule has 1 fully saturated rings. The summed E-state index contributed by atoms with van der Waals surface area (Å²) in [5.41, 5.74) is 3.46. The molecular formula is C22H21BrN4S. The van der Waals surface area contributed by atoms with Gasteiger partial charge in [-0.1, -0.05) is 40.7 Å². The number of hydrogen-bond acceptors (Lipinski definition) is 4. The minimum Gasteiger partial charge on any atom is -0.337 e. The van der Waals surface area contributed by atoms with Crippen LogP contribution >= 0.6 is 27.7 Å². The first-order valence-electron chi connectivity index (χ1n) is 9.59. The molecule has 1 saturated heterocycles. The Morgan fingerprint density at radius 2 is 1.96 bits per heavy atom. The number of aliphatic imine (C=N–C) groups is 1. The smallest absolute Gasteiger partial charge is 0.160 e. The Kier molecular flexibility index (Phi) is 4.77. The van der Waals surface area contributed by atoms with Gasteiger partial charge in [0, 0.05) is 40.0 Å². The first kappa shape index (κ1) is 18.0. The van der Waals surface area contributed by atoms with E-state index in [4.69, 9.17) is 4.99 Å². The number of halogens is 1. The summed E-state index contributed by atoms with van der Waals surface area (Å²) in [5, 5.41) is 1.16. The summed E-state index contributed by atoms with van der Waals surface area (Å²) in [6.45, 7) is 2.27. The lowest BCUT2D eigenvalue weighted by molar-refractivity contribution is 0.249. The zero-order chi connectivity index (χ0) is 19.1. The maximum atomic E-state index is 5.13. The van der Waals surface area contributed by atoms with Crippen LogP contribution in [-0.4, -0.2) is 31.4 Å². The Labute approximate surface area is 177 Å². The van der Waals surface area contributed by atoms with Gasteiger partial charge in [-0.25, -0.2) is 0 Å². The van der Waals surface area contributed by atoms with Crippen molar-refractivity contribution in [2.75, 3.05) is 5.75 Å². The van der Waals surface area contributed by atoms with Crippen molar-refractivity contribution in [2.45, 2.75) is 31.5 Å². The zero-order valence-electron chi connectivity index (χ0n) is 15.6. The van der Waals surface area contributed by atoms with Gasteiger partial charge in [-0.3, -0.25) is 9.98 Å². The van der Waals surface area contributed by atoms with Crippen LogP contribution in [0.25, 0.3) is 5.69 Å². The predicted octanol–water partition coefficient (Wildman–Crippen LogP) is 5.61. The fraction of sp³-hybridized carbons (Fsp3) is 0.273. The molecule has 4 nitrogen and oxygen atoms in total. The van der Waals surface area contributed by atoms with E-state index in [2.05, 4.69) is 92.0 Å². The fourth-order valence-electron chi connectivity index (χ4n) is 4.14. The third-order valence-electron chi connectivity index (χ3n) is 5.52. The van der Waals surface area contributed by atoms with E-state index in [0.29, 0.717) is 6.04 Å². The molecule has 6 heteroatoms. The van der Waals surface area contributed by atoms with Crippen LogP contribution < -0.4 is 0 Å². The molecule has 0 aliphatic carbocycles. The quantitative estimate of drug-likeness (QED) is 0.515. The molecule has 0 radical (unpaired) electrons. The minimum absolute atomic E-state index is 0.0159. The number of aromatic nitrogens is 2. The molecule has 0 unspecified atom stereocenters. The Balaban J connectivity index is 1.62. The predicted molar refractivity (Wildman–Crippen MR) is 119 cm³/mol. The van der Waals surface area contributed by atoms with E-state index < -0.39 is 0 Å². The normalized spacial score (nSPS) is 23.7. The summed E-state index contributed by atoms with van der Waals surface area (Å²) in [6, 6.07) is 19.7. The van der Waals surface area contributed by atoms with Crippen LogP contribution in [0, 0.1) is 0 Å². The molecule has 142 valence electrons. The van der Waals surface area contributed by atoms with Gasteiger partial charge in [-0.2, -0.15) is 0 Å². The third kappa shape index (κ3) is 2.99. The highest BCUT2D eigenvalue weighted by molar-refractivity contribution is 9.10. The van der Waals surface area contributed by atoms with Gasteiger partial charge in [0.25, 0.3) is 0 Å². The van der Waals surface area contributed by atoms with E-state index in [9.17, 15) is 0 Å². The van der Waals surface area contributed by atoms with Gasteiger partial charge in [0.05, 0.1) is 5.69 Å². The standard InChI is InChI=1S/C22H21BrN4S/c1-2-16-14-28-22-25-20(18-6-3-4-12-24-18)21(27(16)22)19-7-5-13-26(19)17-10-8-15(23)9-11-17/h3-13,16,20-21H,2,14H2,1H3/t16-,20-,21-/m1/s1. The number of amidine groups is 1. The van der Waals surface area contributed by atoms with Crippen molar-refractivity contribution >= 4 is 32.9 Å². The molecule has 0 saturated carbocycles. The van der Waals surface area contributed by atoms with Crippen LogP contribution in [0.5, 0.6) is 0 Å². The second kappa shape index (κ2) is 7.41. The molecule has 0 N–H and O–H groups in total. The number of benzene rings is 1. The van der Waals surface area contributed by atoms with Gasteiger partial charge < -0.3 is 9.47 Å². The van der Waals surface area contributed by atoms with Crippen molar-refractivity contribution in [2.24, 2.45) is 4.99 Å². The monoisotopic (exact) mass is 452 g/mol. The van der Waals surface area contributed by atoms with Crippen molar-refractivity contribution < 1.29 is 0 Å². The van der Waals surface area contributed by atoms with Crippen LogP contribution in [-0.2, 0) is 0 Å². The van der Waals surface area contributed by atoms with Crippen molar-refractivity contribution in [3.8, 4) is 5.69 Å². The molecular weight excluding hydrogens is 432 g/mol. The van der Waals surface area contributed by atoms with E-state index in [-0.39, 0.29) is 12.1 Å². The summed E-state index contributed by atoms with van der Waals surface area (Å²) in [6.07, 6.45) is 5.14. The van der Waals surface area contributed by atoms with Crippen LogP contribution in [0.4, 0.5) is 0 Å². The van der Waals surface area contributed by atoms with Gasteiger partial charge in [0.15, 0.2) is 5.17 Å². The van der Waals surface area contributed by atoms with Crippen molar-refractivity contribution in [1.29, 1.82) is 0 Å². The van der Waals surface area contributed by atoms with Crippen LogP contribution in [0.2, 0.25) is 0 Å². The molecule has 2 aliphatic rings. The van der Waals surface area contributed by atoms with E-state index >= 15 is 0 Å². The highest BCUT2D eigenvalue weighted by Gasteiger charge is 2.46. The molecule has 2 aliphatic heterocycles. The largest absolute Gasteiger partial charge is 0.337 e. The third-order valence-corrected chi connectivity index (χ3v) is 7.17. The molecule has 4 heterocycles. The van der Waals surface area contributed by atoms with Crippen molar-refractivity contribution in [3.05, 3.63) is 82.9 Å². The minimum atomic E-state index is 0.0159. The summed E-state index contributed by atoms with van der Waals surface area (Å²) in [5.74, 6) is 1.11. The Hall–Kier alpha value is -2.05. The fourth-order valence-corrected chi connectivity index (χ4v) is 5.74. The highest BCUT2D eigenvalue weighted by Crippen LogP contribution is 2.48. The average Bonchev–Trinajstić information content (AvgIpc) is 3.44. The first-order valence-corrected chi connectivity index (χ1v) is 11.4. The van der Waals surface area contributed by atoms with E-state index in [1.165, 1.54) is 5.69 Å². The molecule has 0 amide bonds. The molecule has 0 bridgehead atoms. The number of rotatable bonds is 4. The van der Waals surface area contributed by atoms with Gasteiger partial charge in [0.1, 0.15) is 12.1 Å². The molecule has 3 atom stereocenters. The Bertz CT molecular complexity index is 999. The summed E-state index contributed by atoms with van der Waals surface area (Å²) < 4.78 is 3.38. The number of hydrogen-bond donors (Lipinski definition) is 0. The van der Waals surface area contributed by atoms with E-state index in [1.807, 2.05) is 24.0 Å². The highest BCUT2D eigenvalue weighted by atomic mass is 79.9. The van der Waals surface area contributed by atoms with Crippen LogP contribution in [0.1, 0.15) is 36.8 Å². The van der Waals surface area contributed by atoms with E-state index in [1.54, 1.807) is 0 Å². The lowest BCUT2D eigenvalue weighted by atomic mass is 9.99. The second-order valence-corrected chi connectivity index (χ2v) is 9.02. The van der Waals surface area contributed by atoms with Gasteiger partial charge in [0.2, 0.25) is 0 Å².